The van der Waals surface area contributed by atoms with Crippen LogP contribution in [0, 0.1) is 0 Å². The highest BCUT2D eigenvalue weighted by molar-refractivity contribution is 5.91. The summed E-state index contributed by atoms with van der Waals surface area (Å²) < 4.78 is 4.80. The van der Waals surface area contributed by atoms with Crippen molar-refractivity contribution >= 4 is 23.0 Å². The number of nitrogens with zero attached hydrogens (tertiary/aromatic N) is 3. The highest BCUT2D eigenvalue weighted by Gasteiger charge is 2.12. The van der Waals surface area contributed by atoms with E-state index in [1.165, 1.54) is 7.11 Å². The Labute approximate surface area is 162 Å². The highest BCUT2D eigenvalue weighted by atomic mass is 16.5. The fraction of sp³-hybridized carbons (Fsp3) is 0.0909. The zero-order valence-electron chi connectivity index (χ0n) is 15.3. The van der Waals surface area contributed by atoms with Crippen molar-refractivity contribution in [2.75, 3.05) is 12.8 Å². The van der Waals surface area contributed by atoms with Gasteiger partial charge in [0.15, 0.2) is 0 Å². The van der Waals surface area contributed by atoms with Crippen LogP contribution in [0.4, 0.5) is 5.95 Å². The van der Waals surface area contributed by atoms with Gasteiger partial charge in [-0.05, 0) is 29.8 Å². The minimum atomic E-state index is -0.386. The van der Waals surface area contributed by atoms with Gasteiger partial charge in [-0.2, -0.15) is 0 Å². The third-order valence-electron chi connectivity index (χ3n) is 4.43. The van der Waals surface area contributed by atoms with Crippen molar-refractivity contribution in [3.8, 4) is 11.3 Å². The van der Waals surface area contributed by atoms with Gasteiger partial charge in [-0.15, -0.1) is 0 Å². The Kier molecular flexibility index (Phi) is 4.68. The van der Waals surface area contributed by atoms with Crippen LogP contribution in [-0.4, -0.2) is 28.0 Å². The van der Waals surface area contributed by atoms with Crippen LogP contribution in [0.2, 0.25) is 0 Å². The standard InChI is InChI=1S/C22H18N4O2/c1-28-21(27)16-9-5-8-15(13-16)17-10-11-18-20(24-17)19(26-22(23)25-18)12-14-6-3-2-4-7-14/h2-11,13H,12H2,1H3,(H2,23,25,26). The van der Waals surface area contributed by atoms with E-state index in [1.807, 2.05) is 48.5 Å². The maximum Gasteiger partial charge on any atom is 0.337 e. The second-order valence-corrected chi connectivity index (χ2v) is 6.33. The van der Waals surface area contributed by atoms with Crippen LogP contribution in [0.1, 0.15) is 21.6 Å². The molecule has 0 aliphatic heterocycles. The number of carbonyl (C=O) groups excluding carboxylic acids is 1. The van der Waals surface area contributed by atoms with Crippen molar-refractivity contribution in [1.82, 2.24) is 15.0 Å². The number of hydrogen-bond donors (Lipinski definition) is 1. The Hall–Kier alpha value is -3.80. The molecule has 0 amide bonds. The van der Waals surface area contributed by atoms with Crippen molar-refractivity contribution in [3.05, 3.63) is 83.6 Å². The molecule has 0 atom stereocenters. The zero-order valence-corrected chi connectivity index (χ0v) is 15.3. The maximum absolute atomic E-state index is 11.8. The topological polar surface area (TPSA) is 91.0 Å². The summed E-state index contributed by atoms with van der Waals surface area (Å²) in [5, 5.41) is 0. The number of nitrogen functional groups attached to an aromatic ring is 1. The van der Waals surface area contributed by atoms with Gasteiger partial charge in [0.25, 0.3) is 0 Å². The van der Waals surface area contributed by atoms with Crippen molar-refractivity contribution in [2.24, 2.45) is 0 Å². The summed E-state index contributed by atoms with van der Waals surface area (Å²) in [4.78, 5) is 25.3. The van der Waals surface area contributed by atoms with E-state index >= 15 is 0 Å². The quantitative estimate of drug-likeness (QED) is 0.551. The van der Waals surface area contributed by atoms with Gasteiger partial charge in [0, 0.05) is 12.0 Å². The number of methoxy groups -OCH3 is 1. The second-order valence-electron chi connectivity index (χ2n) is 6.33. The molecule has 6 nitrogen and oxygen atoms in total. The van der Waals surface area contributed by atoms with Gasteiger partial charge in [-0.3, -0.25) is 0 Å². The smallest absolute Gasteiger partial charge is 0.337 e. The summed E-state index contributed by atoms with van der Waals surface area (Å²) in [6.07, 6.45) is 0.600. The van der Waals surface area contributed by atoms with Crippen LogP contribution in [0.15, 0.2) is 66.7 Å². The molecule has 4 aromatic rings. The number of aromatic nitrogens is 3. The van der Waals surface area contributed by atoms with Gasteiger partial charge in [0.05, 0.1) is 29.6 Å². The van der Waals surface area contributed by atoms with Gasteiger partial charge < -0.3 is 10.5 Å². The van der Waals surface area contributed by atoms with Gasteiger partial charge in [-0.1, -0.05) is 42.5 Å². The molecule has 0 spiro atoms. The molecule has 2 aromatic carbocycles. The fourth-order valence-electron chi connectivity index (χ4n) is 3.09. The minimum absolute atomic E-state index is 0.223. The summed E-state index contributed by atoms with van der Waals surface area (Å²) in [6, 6.07) is 20.9. The molecular formula is C22H18N4O2. The van der Waals surface area contributed by atoms with E-state index in [0.717, 1.165) is 22.5 Å². The third kappa shape index (κ3) is 3.53. The number of hydrogen-bond acceptors (Lipinski definition) is 6. The lowest BCUT2D eigenvalue weighted by atomic mass is 10.1. The molecule has 0 aliphatic rings. The molecule has 0 bridgehead atoms. The molecule has 4 rings (SSSR count). The molecule has 0 saturated heterocycles. The van der Waals surface area contributed by atoms with Crippen molar-refractivity contribution in [3.63, 3.8) is 0 Å². The summed E-state index contributed by atoms with van der Waals surface area (Å²) in [5.74, 6) is -0.163. The van der Waals surface area contributed by atoms with Gasteiger partial charge in [0.2, 0.25) is 5.95 Å². The Morgan fingerprint density at radius 1 is 0.964 bits per heavy atom. The van der Waals surface area contributed by atoms with E-state index in [9.17, 15) is 4.79 Å². The molecule has 2 N–H and O–H groups in total. The van der Waals surface area contributed by atoms with Crippen LogP contribution >= 0.6 is 0 Å². The molecule has 0 radical (unpaired) electrons. The van der Waals surface area contributed by atoms with E-state index in [2.05, 4.69) is 9.97 Å². The number of anilines is 1. The van der Waals surface area contributed by atoms with Crippen molar-refractivity contribution < 1.29 is 9.53 Å². The Bertz CT molecular complexity index is 1160. The van der Waals surface area contributed by atoms with Crippen LogP contribution in [0.5, 0.6) is 0 Å². The first kappa shape index (κ1) is 17.6. The van der Waals surface area contributed by atoms with E-state index < -0.39 is 0 Å². The van der Waals surface area contributed by atoms with Gasteiger partial charge in [0.1, 0.15) is 5.52 Å². The zero-order chi connectivity index (χ0) is 19.5. The second kappa shape index (κ2) is 7.44. The van der Waals surface area contributed by atoms with E-state index in [1.54, 1.807) is 18.2 Å². The van der Waals surface area contributed by atoms with Crippen molar-refractivity contribution in [1.29, 1.82) is 0 Å². The molecule has 6 heteroatoms. The average Bonchev–Trinajstić information content (AvgIpc) is 2.73. The summed E-state index contributed by atoms with van der Waals surface area (Å²) in [6.45, 7) is 0. The van der Waals surface area contributed by atoms with Crippen LogP contribution in [0.25, 0.3) is 22.3 Å². The number of nitrogens with two attached hydrogens (primary N) is 1. The van der Waals surface area contributed by atoms with Gasteiger partial charge >= 0.3 is 5.97 Å². The molecule has 0 saturated carbocycles. The van der Waals surface area contributed by atoms with E-state index in [4.69, 9.17) is 15.5 Å². The third-order valence-corrected chi connectivity index (χ3v) is 4.43. The van der Waals surface area contributed by atoms with Gasteiger partial charge in [-0.25, -0.2) is 19.7 Å². The largest absolute Gasteiger partial charge is 0.465 e. The van der Waals surface area contributed by atoms with Crippen molar-refractivity contribution in [2.45, 2.75) is 6.42 Å². The summed E-state index contributed by atoms with van der Waals surface area (Å²) >= 11 is 0. The number of pyridine rings is 1. The van der Waals surface area contributed by atoms with Crippen LogP contribution in [-0.2, 0) is 11.2 Å². The lowest BCUT2D eigenvalue weighted by Gasteiger charge is -2.09. The molecule has 28 heavy (non-hydrogen) atoms. The number of fused-ring (bicyclic) bond motifs is 1. The predicted molar refractivity (Wildman–Crippen MR) is 108 cm³/mol. The molecule has 0 unspecified atom stereocenters. The minimum Gasteiger partial charge on any atom is -0.465 e. The molecule has 0 aliphatic carbocycles. The lowest BCUT2D eigenvalue weighted by molar-refractivity contribution is 0.0601. The summed E-state index contributed by atoms with van der Waals surface area (Å²) in [5.41, 5.74) is 11.2. The number of esters is 1. The molecule has 2 aromatic heterocycles. The van der Waals surface area contributed by atoms with E-state index in [-0.39, 0.29) is 11.9 Å². The van der Waals surface area contributed by atoms with Crippen LogP contribution in [0.3, 0.4) is 0 Å². The lowest BCUT2D eigenvalue weighted by Crippen LogP contribution is -2.04. The van der Waals surface area contributed by atoms with Crippen LogP contribution < -0.4 is 5.73 Å². The maximum atomic E-state index is 11.8. The Morgan fingerprint density at radius 3 is 2.57 bits per heavy atom. The summed E-state index contributed by atoms with van der Waals surface area (Å²) in [7, 11) is 1.36. The highest BCUT2D eigenvalue weighted by Crippen LogP contribution is 2.24. The number of benzene rings is 2. The number of rotatable bonds is 4. The number of carbonyl (C=O) groups is 1. The monoisotopic (exact) mass is 370 g/mol. The fourth-order valence-corrected chi connectivity index (χ4v) is 3.09. The first-order chi connectivity index (χ1) is 13.6. The molecule has 2 heterocycles. The van der Waals surface area contributed by atoms with E-state index in [0.29, 0.717) is 23.0 Å². The molecule has 0 fully saturated rings. The molecule has 138 valence electrons. The first-order valence-corrected chi connectivity index (χ1v) is 8.80. The number of ether oxygens (including phenoxy) is 1. The average molecular weight is 370 g/mol. The first-order valence-electron chi connectivity index (χ1n) is 8.80. The predicted octanol–water partition coefficient (Wildman–Crippen LogP) is 3.65. The Balaban J connectivity index is 1.81. The Morgan fingerprint density at radius 2 is 1.79 bits per heavy atom. The normalized spacial score (nSPS) is 10.8. The SMILES string of the molecule is COC(=O)c1cccc(-c2ccc3nc(N)nc(Cc4ccccc4)c3n2)c1. The molecular weight excluding hydrogens is 352 g/mol.